The van der Waals surface area contributed by atoms with Gasteiger partial charge in [-0.25, -0.2) is 13.8 Å². The summed E-state index contributed by atoms with van der Waals surface area (Å²) in [5, 5.41) is 3.48. The molecular weight excluding hydrogens is 422 g/mol. The molecule has 9 heteroatoms. The van der Waals surface area contributed by atoms with Crippen molar-refractivity contribution in [2.75, 3.05) is 11.1 Å². The highest BCUT2D eigenvalue weighted by Crippen LogP contribution is 2.25. The third kappa shape index (κ3) is 4.98. The molecule has 0 saturated carbocycles. The van der Waals surface area contributed by atoms with Crippen molar-refractivity contribution in [3.05, 3.63) is 51.9 Å². The number of nitrogens with zero attached hydrogens (tertiary/aromatic N) is 3. The van der Waals surface area contributed by atoms with E-state index in [2.05, 4.69) is 15.3 Å². The second-order valence-corrected chi connectivity index (χ2v) is 9.65. The zero-order valence-corrected chi connectivity index (χ0v) is 19.0. The first-order valence-corrected chi connectivity index (χ1v) is 11.4. The highest BCUT2D eigenvalue weighted by Gasteiger charge is 2.20. The van der Waals surface area contributed by atoms with Crippen LogP contribution < -0.4 is 10.9 Å². The van der Waals surface area contributed by atoms with Gasteiger partial charge in [-0.1, -0.05) is 13.8 Å². The van der Waals surface area contributed by atoms with E-state index in [1.807, 2.05) is 32.9 Å². The van der Waals surface area contributed by atoms with Crippen LogP contribution in [0.1, 0.15) is 51.3 Å². The van der Waals surface area contributed by atoms with Crippen LogP contribution in [0.4, 0.5) is 20.4 Å². The summed E-state index contributed by atoms with van der Waals surface area (Å²) in [6, 6.07) is 6.27. The number of alkyl halides is 2. The average Bonchev–Trinajstić information content (AvgIpc) is 2.67. The largest absolute Gasteiger partial charge is 0.324 e. The van der Waals surface area contributed by atoms with Gasteiger partial charge in [0.25, 0.3) is 12.0 Å². The van der Waals surface area contributed by atoms with Gasteiger partial charge in [-0.15, -0.1) is 0 Å². The molecule has 1 N–H and O–H groups in total. The van der Waals surface area contributed by atoms with Crippen molar-refractivity contribution in [1.29, 1.82) is 0 Å². The number of anilines is 2. The topological polar surface area (TPSA) is 76.9 Å². The summed E-state index contributed by atoms with van der Waals surface area (Å²) in [4.78, 5) is 21.9. The van der Waals surface area contributed by atoms with E-state index in [-0.39, 0.29) is 17.6 Å². The van der Waals surface area contributed by atoms with Crippen LogP contribution in [0.2, 0.25) is 0 Å². The number of pyridine rings is 1. The summed E-state index contributed by atoms with van der Waals surface area (Å²) in [5.74, 6) is 1.16. The molecule has 1 atom stereocenters. The fourth-order valence-electron chi connectivity index (χ4n) is 3.27. The molecule has 1 unspecified atom stereocenters. The van der Waals surface area contributed by atoms with Crippen molar-refractivity contribution in [2.24, 2.45) is 5.92 Å². The van der Waals surface area contributed by atoms with E-state index in [4.69, 9.17) is 0 Å². The first-order chi connectivity index (χ1) is 14.6. The maximum atomic E-state index is 13.3. The SMILES string of the molecule is Cc1cc(S(=O)CC(C)C)ccc1Nc1ncc2cc(C(F)F)c(=O)n(C(C)C)c2n1. The predicted octanol–water partition coefficient (Wildman–Crippen LogP) is 5.13. The van der Waals surface area contributed by atoms with Gasteiger partial charge in [0, 0.05) is 34.0 Å². The molecule has 0 amide bonds. The zero-order valence-electron chi connectivity index (χ0n) is 18.1. The molecule has 3 rings (SSSR count). The van der Waals surface area contributed by atoms with E-state index in [1.54, 1.807) is 19.9 Å². The van der Waals surface area contributed by atoms with Gasteiger partial charge in [0.1, 0.15) is 5.65 Å². The van der Waals surface area contributed by atoms with Crippen LogP contribution in [0, 0.1) is 12.8 Å². The molecular formula is C22H26F2N4O2S. The molecule has 2 heterocycles. The van der Waals surface area contributed by atoms with Gasteiger partial charge in [0.2, 0.25) is 5.95 Å². The maximum Gasteiger partial charge on any atom is 0.269 e. The Bertz CT molecular complexity index is 1190. The smallest absolute Gasteiger partial charge is 0.269 e. The van der Waals surface area contributed by atoms with Crippen molar-refractivity contribution in [3.8, 4) is 0 Å². The minimum absolute atomic E-state index is 0.241. The van der Waals surface area contributed by atoms with Gasteiger partial charge < -0.3 is 5.32 Å². The van der Waals surface area contributed by atoms with Gasteiger partial charge in [-0.3, -0.25) is 13.6 Å². The molecule has 0 fully saturated rings. The summed E-state index contributed by atoms with van der Waals surface area (Å²) in [6.07, 6.45) is -1.45. The van der Waals surface area contributed by atoms with Crippen molar-refractivity contribution < 1.29 is 13.0 Å². The van der Waals surface area contributed by atoms with Crippen LogP contribution in [0.3, 0.4) is 0 Å². The van der Waals surface area contributed by atoms with Crippen molar-refractivity contribution in [1.82, 2.24) is 14.5 Å². The maximum absolute atomic E-state index is 13.3. The van der Waals surface area contributed by atoms with Gasteiger partial charge in [0.05, 0.1) is 16.4 Å². The quantitative estimate of drug-likeness (QED) is 0.543. The Morgan fingerprint density at radius 1 is 1.16 bits per heavy atom. The van der Waals surface area contributed by atoms with Crippen LogP contribution in [-0.2, 0) is 10.8 Å². The number of rotatable bonds is 7. The molecule has 3 aromatic rings. The summed E-state index contributed by atoms with van der Waals surface area (Å²) in [5.41, 5.74) is 0.566. The number of hydrogen-bond donors (Lipinski definition) is 1. The van der Waals surface area contributed by atoms with Crippen LogP contribution in [0.5, 0.6) is 0 Å². The number of fused-ring (bicyclic) bond motifs is 1. The average molecular weight is 449 g/mol. The third-order valence-electron chi connectivity index (χ3n) is 4.74. The Hall–Kier alpha value is -2.68. The first kappa shape index (κ1) is 23.0. The van der Waals surface area contributed by atoms with Crippen molar-refractivity contribution >= 4 is 33.5 Å². The molecule has 0 saturated heterocycles. The molecule has 0 bridgehead atoms. The van der Waals surface area contributed by atoms with E-state index in [0.717, 1.165) is 22.2 Å². The van der Waals surface area contributed by atoms with E-state index in [1.165, 1.54) is 10.8 Å². The molecule has 0 aliphatic carbocycles. The van der Waals surface area contributed by atoms with E-state index in [0.29, 0.717) is 17.1 Å². The highest BCUT2D eigenvalue weighted by atomic mass is 32.2. The fraction of sp³-hybridized carbons (Fsp3) is 0.409. The minimum atomic E-state index is -2.87. The Morgan fingerprint density at radius 2 is 1.87 bits per heavy atom. The Kier molecular flexibility index (Phi) is 6.83. The minimum Gasteiger partial charge on any atom is -0.324 e. The fourth-order valence-corrected chi connectivity index (χ4v) is 4.60. The summed E-state index contributed by atoms with van der Waals surface area (Å²) in [6.45, 7) is 9.42. The van der Waals surface area contributed by atoms with Crippen LogP contribution >= 0.6 is 0 Å². The van der Waals surface area contributed by atoms with Gasteiger partial charge in [0.15, 0.2) is 0 Å². The monoisotopic (exact) mass is 448 g/mol. The molecule has 31 heavy (non-hydrogen) atoms. The molecule has 0 aliphatic heterocycles. The third-order valence-corrected chi connectivity index (χ3v) is 6.49. The van der Waals surface area contributed by atoms with E-state index >= 15 is 0 Å². The number of benzene rings is 1. The van der Waals surface area contributed by atoms with Crippen LogP contribution in [0.15, 0.2) is 40.2 Å². The van der Waals surface area contributed by atoms with Crippen molar-refractivity contribution in [2.45, 2.75) is 52.0 Å². The molecule has 6 nitrogen and oxygen atoms in total. The Balaban J connectivity index is 1.99. The van der Waals surface area contributed by atoms with Gasteiger partial charge in [-0.05, 0) is 56.5 Å². The van der Waals surface area contributed by atoms with Crippen LogP contribution in [0.25, 0.3) is 11.0 Å². The number of aromatic nitrogens is 3. The first-order valence-electron chi connectivity index (χ1n) is 10.0. The molecule has 0 spiro atoms. The van der Waals surface area contributed by atoms with E-state index in [9.17, 15) is 17.8 Å². The van der Waals surface area contributed by atoms with Crippen molar-refractivity contribution in [3.63, 3.8) is 0 Å². The molecule has 0 radical (unpaired) electrons. The Morgan fingerprint density at radius 3 is 2.45 bits per heavy atom. The lowest BCUT2D eigenvalue weighted by Crippen LogP contribution is -2.26. The van der Waals surface area contributed by atoms with Gasteiger partial charge in [-0.2, -0.15) is 4.98 Å². The number of hydrogen-bond acceptors (Lipinski definition) is 5. The highest BCUT2D eigenvalue weighted by molar-refractivity contribution is 7.85. The second-order valence-electron chi connectivity index (χ2n) is 8.15. The molecule has 0 aliphatic rings. The summed E-state index contributed by atoms with van der Waals surface area (Å²) in [7, 11) is -1.07. The van der Waals surface area contributed by atoms with Gasteiger partial charge >= 0.3 is 0 Å². The zero-order chi connectivity index (χ0) is 22.9. The number of nitrogens with one attached hydrogen (secondary N) is 1. The molecule has 166 valence electrons. The second kappa shape index (κ2) is 9.21. The molecule has 1 aromatic carbocycles. The van der Waals surface area contributed by atoms with Crippen LogP contribution in [-0.4, -0.2) is 24.5 Å². The summed E-state index contributed by atoms with van der Waals surface area (Å²) >= 11 is 0. The Labute approximate surface area is 182 Å². The lowest BCUT2D eigenvalue weighted by molar-refractivity contribution is 0.149. The normalized spacial score (nSPS) is 12.8. The lowest BCUT2D eigenvalue weighted by atomic mass is 10.2. The molecule has 2 aromatic heterocycles. The standard InChI is InChI=1S/C22H26F2N4O2S/c1-12(2)11-31(30)16-6-7-18(14(5)8-16)26-22-25-10-15-9-17(19(23)24)21(29)28(13(3)4)20(15)27-22/h6-10,12-13,19H,11H2,1-5H3,(H,25,26,27). The summed E-state index contributed by atoms with van der Waals surface area (Å²) < 4.78 is 40.2. The van der Waals surface area contributed by atoms with E-state index < -0.39 is 28.3 Å². The number of halogens is 2. The lowest BCUT2D eigenvalue weighted by Gasteiger charge is -2.16. The number of aryl methyl sites for hydroxylation is 1. The predicted molar refractivity (Wildman–Crippen MR) is 120 cm³/mol.